The first-order valence-electron chi connectivity index (χ1n) is 11.9. The van der Waals surface area contributed by atoms with Gasteiger partial charge in [0.15, 0.2) is 0 Å². The van der Waals surface area contributed by atoms with Crippen molar-refractivity contribution in [3.05, 3.63) is 53.7 Å². The average Bonchev–Trinajstić information content (AvgIpc) is 3.60. The molecule has 3 aliphatic rings. The van der Waals surface area contributed by atoms with Gasteiger partial charge in [0.25, 0.3) is 0 Å². The molecule has 4 rings (SSSR count). The van der Waals surface area contributed by atoms with E-state index in [9.17, 15) is 23.1 Å². The molecule has 0 bridgehead atoms. The molecule has 0 radical (unpaired) electrons. The van der Waals surface area contributed by atoms with Crippen LogP contribution in [0.2, 0.25) is 0 Å². The first kappa shape index (κ1) is 23.9. The molecule has 1 N–H and O–H groups in total. The summed E-state index contributed by atoms with van der Waals surface area (Å²) < 4.78 is 38.8. The quantitative estimate of drug-likeness (QED) is 0.599. The molecule has 2 fully saturated rings. The fourth-order valence-electron chi connectivity index (χ4n) is 5.37. The number of hydrogen-bond donors (Lipinski definition) is 1. The molecule has 2 aliphatic carbocycles. The third-order valence-corrected chi connectivity index (χ3v) is 7.64. The molecule has 1 aromatic rings. The monoisotopic (exact) mass is 462 g/mol. The van der Waals surface area contributed by atoms with Crippen molar-refractivity contribution in [3.63, 3.8) is 0 Å². The molecule has 0 saturated heterocycles. The lowest BCUT2D eigenvalue weighted by Gasteiger charge is -2.52. The smallest absolute Gasteiger partial charge is 0.387 e. The maximum absolute atomic E-state index is 12.9. The van der Waals surface area contributed by atoms with Crippen molar-refractivity contribution in [2.24, 2.45) is 11.8 Å². The normalized spacial score (nSPS) is 29.9. The van der Waals surface area contributed by atoms with E-state index in [0.29, 0.717) is 31.4 Å². The number of carbonyl (C=O) groups is 1. The zero-order chi connectivity index (χ0) is 23.8. The Labute approximate surface area is 193 Å². The Kier molecular flexibility index (Phi) is 6.63. The minimum absolute atomic E-state index is 0.00855. The number of halogens is 3. The van der Waals surface area contributed by atoms with Gasteiger partial charge in [0.05, 0.1) is 17.2 Å². The Morgan fingerprint density at radius 3 is 2.73 bits per heavy atom. The van der Waals surface area contributed by atoms with Crippen molar-refractivity contribution in [1.82, 2.24) is 9.80 Å². The van der Waals surface area contributed by atoms with E-state index >= 15 is 0 Å². The van der Waals surface area contributed by atoms with Gasteiger partial charge in [-0.05, 0) is 81.8 Å². The zero-order valence-electron chi connectivity index (χ0n) is 19.3. The van der Waals surface area contributed by atoms with Crippen LogP contribution in [0.1, 0.15) is 57.1 Å². The molecule has 0 spiro atoms. The van der Waals surface area contributed by atoms with Crippen LogP contribution in [0.5, 0.6) is 0 Å². The van der Waals surface area contributed by atoms with Crippen LogP contribution in [0, 0.1) is 11.8 Å². The van der Waals surface area contributed by atoms with Gasteiger partial charge in [0.2, 0.25) is 5.91 Å². The standard InChI is InChI=1S/C26H33F3N2O2/c1-3-31(24(32)10-9-19-5-4-6-22(15-19)26(27,28)29)23-11-13-25(33)18(2)30(17-20-7-8-20)14-12-21(25)16-23/h4-6,9-10,12,14-15,18,20-21,23,33H,3,7-8,11,13,16-17H2,1-2H3/b10-9+/t18-,21?,23?,25?/m1/s1. The molecule has 7 heteroatoms. The van der Waals surface area contributed by atoms with Crippen LogP contribution in [-0.2, 0) is 11.0 Å². The number of fused-ring (bicyclic) bond motifs is 1. The van der Waals surface area contributed by atoms with E-state index in [1.54, 1.807) is 11.0 Å². The number of aliphatic hydroxyl groups is 1. The van der Waals surface area contributed by atoms with Crippen molar-refractivity contribution >= 4 is 12.0 Å². The summed E-state index contributed by atoms with van der Waals surface area (Å²) in [5.41, 5.74) is -1.19. The summed E-state index contributed by atoms with van der Waals surface area (Å²) in [6, 6.07) is 4.99. The Balaban J connectivity index is 1.43. The van der Waals surface area contributed by atoms with Crippen molar-refractivity contribution in [2.75, 3.05) is 13.1 Å². The summed E-state index contributed by atoms with van der Waals surface area (Å²) in [6.45, 7) is 5.51. The van der Waals surface area contributed by atoms with Crippen molar-refractivity contribution < 1.29 is 23.1 Å². The molecule has 180 valence electrons. The van der Waals surface area contributed by atoms with Gasteiger partial charge < -0.3 is 14.9 Å². The maximum atomic E-state index is 12.9. The van der Waals surface area contributed by atoms with E-state index in [-0.39, 0.29) is 23.9 Å². The summed E-state index contributed by atoms with van der Waals surface area (Å²) in [6.07, 6.45) is 7.16. The predicted molar refractivity (Wildman–Crippen MR) is 122 cm³/mol. The molecule has 4 nitrogen and oxygen atoms in total. The van der Waals surface area contributed by atoms with E-state index in [1.165, 1.54) is 31.1 Å². The lowest BCUT2D eigenvalue weighted by atomic mass is 9.67. The van der Waals surface area contributed by atoms with Crippen LogP contribution in [0.4, 0.5) is 13.2 Å². The Morgan fingerprint density at radius 1 is 1.30 bits per heavy atom. The molecule has 1 aliphatic heterocycles. The number of likely N-dealkylation sites (N-methyl/N-ethyl adjacent to an activating group) is 1. The van der Waals surface area contributed by atoms with Crippen molar-refractivity contribution in [1.29, 1.82) is 0 Å². The number of nitrogens with zero attached hydrogens (tertiary/aromatic N) is 2. The predicted octanol–water partition coefficient (Wildman–Crippen LogP) is 5.09. The molecule has 2 saturated carbocycles. The van der Waals surface area contributed by atoms with Gasteiger partial charge in [-0.2, -0.15) is 13.2 Å². The van der Waals surface area contributed by atoms with Gasteiger partial charge in [0, 0.05) is 31.1 Å². The molecule has 1 amide bonds. The van der Waals surface area contributed by atoms with Gasteiger partial charge >= 0.3 is 6.18 Å². The highest BCUT2D eigenvalue weighted by Crippen LogP contribution is 2.44. The largest absolute Gasteiger partial charge is 0.416 e. The topological polar surface area (TPSA) is 43.8 Å². The lowest BCUT2D eigenvalue weighted by molar-refractivity contribution is -0.137. The third-order valence-electron chi connectivity index (χ3n) is 7.64. The summed E-state index contributed by atoms with van der Waals surface area (Å²) in [7, 11) is 0. The van der Waals surface area contributed by atoms with Crippen LogP contribution in [0.25, 0.3) is 6.08 Å². The molecule has 0 aromatic heterocycles. The first-order valence-corrected chi connectivity index (χ1v) is 11.9. The molecular weight excluding hydrogens is 429 g/mol. The SMILES string of the molecule is CCN(C(=O)/C=C/c1cccc(C(F)(F)F)c1)C1CCC2(O)C(C=CN(CC3CC3)[C@@H]2C)C1. The van der Waals surface area contributed by atoms with Gasteiger partial charge in [-0.15, -0.1) is 0 Å². The summed E-state index contributed by atoms with van der Waals surface area (Å²) in [4.78, 5) is 17.0. The van der Waals surface area contributed by atoms with Gasteiger partial charge in [0.1, 0.15) is 0 Å². The Bertz CT molecular complexity index is 924. The second-order valence-electron chi connectivity index (χ2n) is 9.76. The fraction of sp³-hybridized carbons (Fsp3) is 0.577. The molecule has 1 heterocycles. The highest BCUT2D eigenvalue weighted by atomic mass is 19.4. The highest BCUT2D eigenvalue weighted by Gasteiger charge is 2.49. The minimum atomic E-state index is -4.42. The van der Waals surface area contributed by atoms with E-state index in [2.05, 4.69) is 24.1 Å². The number of alkyl halides is 3. The van der Waals surface area contributed by atoms with Crippen LogP contribution in [-0.4, -0.2) is 51.6 Å². The molecule has 4 atom stereocenters. The van der Waals surface area contributed by atoms with Gasteiger partial charge in [-0.25, -0.2) is 0 Å². The van der Waals surface area contributed by atoms with Gasteiger partial charge in [-0.1, -0.05) is 18.2 Å². The summed E-state index contributed by atoms with van der Waals surface area (Å²) in [5, 5.41) is 11.5. The lowest BCUT2D eigenvalue weighted by Crippen LogP contribution is -2.60. The van der Waals surface area contributed by atoms with Crippen molar-refractivity contribution in [3.8, 4) is 0 Å². The molecule has 3 unspecified atom stereocenters. The second-order valence-corrected chi connectivity index (χ2v) is 9.76. The molecule has 1 aromatic carbocycles. The number of rotatable bonds is 6. The third kappa shape index (κ3) is 5.13. The van der Waals surface area contributed by atoms with Crippen LogP contribution in [0.3, 0.4) is 0 Å². The fourth-order valence-corrected chi connectivity index (χ4v) is 5.37. The van der Waals surface area contributed by atoms with Crippen molar-refractivity contribution in [2.45, 2.75) is 69.8 Å². The van der Waals surface area contributed by atoms with E-state index in [0.717, 1.165) is 24.6 Å². The zero-order valence-corrected chi connectivity index (χ0v) is 19.3. The van der Waals surface area contributed by atoms with E-state index < -0.39 is 17.3 Å². The number of amides is 1. The average molecular weight is 463 g/mol. The van der Waals surface area contributed by atoms with Gasteiger partial charge in [-0.3, -0.25) is 4.79 Å². The maximum Gasteiger partial charge on any atom is 0.416 e. The van der Waals surface area contributed by atoms with Crippen LogP contribution >= 0.6 is 0 Å². The second kappa shape index (κ2) is 9.16. The number of benzene rings is 1. The highest BCUT2D eigenvalue weighted by molar-refractivity contribution is 5.92. The minimum Gasteiger partial charge on any atom is -0.387 e. The Morgan fingerprint density at radius 2 is 2.06 bits per heavy atom. The van der Waals surface area contributed by atoms with E-state index in [1.807, 2.05) is 6.92 Å². The number of hydrogen-bond acceptors (Lipinski definition) is 3. The van der Waals surface area contributed by atoms with Crippen LogP contribution < -0.4 is 0 Å². The molecule has 33 heavy (non-hydrogen) atoms. The Hall–Kier alpha value is -2.28. The first-order chi connectivity index (χ1) is 15.6. The van der Waals surface area contributed by atoms with E-state index in [4.69, 9.17) is 0 Å². The number of carbonyl (C=O) groups excluding carboxylic acids is 1. The summed E-state index contributed by atoms with van der Waals surface area (Å²) in [5.74, 6) is 0.509. The van der Waals surface area contributed by atoms with Crippen LogP contribution in [0.15, 0.2) is 42.6 Å². The molecular formula is C26H33F3N2O2. The summed E-state index contributed by atoms with van der Waals surface area (Å²) >= 11 is 0.